The van der Waals surface area contributed by atoms with E-state index in [1.807, 2.05) is 60.7 Å². The largest absolute Gasteiger partial charge is 0.505 e. The smallest absolute Gasteiger partial charge is 0.411 e. The molecule has 1 fully saturated rings. The van der Waals surface area contributed by atoms with Gasteiger partial charge < -0.3 is 19.6 Å². The number of phenolic OH excluding ortho intramolecular Hbond substituents is 1. The molecule has 0 atom stereocenters. The minimum absolute atomic E-state index is 0.0329. The number of rotatable bonds is 15. The van der Waals surface area contributed by atoms with Crippen LogP contribution in [0.2, 0.25) is 10.0 Å². The van der Waals surface area contributed by atoms with Gasteiger partial charge in [0.2, 0.25) is 0 Å². The maximum absolute atomic E-state index is 12.7. The lowest BCUT2D eigenvalue weighted by Gasteiger charge is -2.31. The molecule has 3 aromatic carbocycles. The molecule has 43 heavy (non-hydrogen) atoms. The van der Waals surface area contributed by atoms with E-state index in [0.717, 1.165) is 67.8 Å². The number of hydrogen-bond acceptors (Lipinski definition) is 5. The molecule has 0 saturated carbocycles. The molecule has 1 aliphatic heterocycles. The van der Waals surface area contributed by atoms with E-state index < -0.39 is 0 Å². The van der Waals surface area contributed by atoms with Crippen molar-refractivity contribution in [2.75, 3.05) is 38.5 Å². The van der Waals surface area contributed by atoms with Crippen LogP contribution in [0, 0.1) is 0 Å². The number of piperidine rings is 1. The molecule has 1 heterocycles. The molecule has 1 amide bonds. The number of nitrogens with one attached hydrogen (secondary N) is 1. The van der Waals surface area contributed by atoms with Crippen molar-refractivity contribution in [1.82, 2.24) is 9.80 Å². The van der Waals surface area contributed by atoms with Crippen LogP contribution < -0.4 is 5.32 Å². The first-order valence-corrected chi connectivity index (χ1v) is 16.3. The summed E-state index contributed by atoms with van der Waals surface area (Å²) in [6, 6.07) is 21.5. The fourth-order valence-electron chi connectivity index (χ4n) is 5.68. The summed E-state index contributed by atoms with van der Waals surface area (Å²) < 4.78 is 5.78. The highest BCUT2D eigenvalue weighted by Crippen LogP contribution is 2.34. The SMILES string of the molecule is CN(CCCCCCCCCN1CCC(OC(=O)Nc2ccccc2-c2ccccc2)CC1)Cc1ccc(Cl)c(O)c1Cl. The monoisotopic (exact) mass is 625 g/mol. The zero-order chi connectivity index (χ0) is 30.4. The van der Waals surface area contributed by atoms with Crippen molar-refractivity contribution in [2.24, 2.45) is 0 Å². The first-order chi connectivity index (χ1) is 20.9. The van der Waals surface area contributed by atoms with Crippen LogP contribution in [0.15, 0.2) is 66.7 Å². The summed E-state index contributed by atoms with van der Waals surface area (Å²) in [6.07, 6.45) is 10.0. The third-order valence-corrected chi connectivity index (χ3v) is 8.88. The molecular weight excluding hydrogens is 581 g/mol. The van der Waals surface area contributed by atoms with Crippen LogP contribution in [-0.4, -0.2) is 60.3 Å². The highest BCUT2D eigenvalue weighted by atomic mass is 35.5. The number of aromatic hydroxyl groups is 1. The van der Waals surface area contributed by atoms with Crippen molar-refractivity contribution in [3.8, 4) is 16.9 Å². The normalized spacial score (nSPS) is 14.2. The summed E-state index contributed by atoms with van der Waals surface area (Å²) in [5.41, 5.74) is 3.72. The number of benzene rings is 3. The van der Waals surface area contributed by atoms with Gasteiger partial charge in [0.15, 0.2) is 5.75 Å². The standard InChI is InChI=1S/C35H45Cl2N3O3/c1-39(26-28-18-19-31(36)34(41)33(28)37)22-12-5-3-2-4-6-13-23-40-24-20-29(21-25-40)43-35(42)38-32-17-11-10-16-30(32)27-14-8-7-9-15-27/h7-11,14-19,29,41H,2-6,12-13,20-26H2,1H3,(H,38,42). The molecule has 0 radical (unpaired) electrons. The summed E-state index contributed by atoms with van der Waals surface area (Å²) >= 11 is 12.1. The van der Waals surface area contributed by atoms with E-state index in [-0.39, 0.29) is 23.0 Å². The van der Waals surface area contributed by atoms with E-state index >= 15 is 0 Å². The van der Waals surface area contributed by atoms with E-state index in [1.54, 1.807) is 6.07 Å². The Balaban J connectivity index is 1.01. The Kier molecular flexibility index (Phi) is 13.5. The van der Waals surface area contributed by atoms with Crippen LogP contribution >= 0.6 is 23.2 Å². The number of nitrogens with zero attached hydrogens (tertiary/aromatic N) is 2. The predicted octanol–water partition coefficient (Wildman–Crippen LogP) is 9.24. The lowest BCUT2D eigenvalue weighted by molar-refractivity contribution is 0.0584. The number of para-hydroxylation sites is 1. The number of likely N-dealkylation sites (tertiary alicyclic amines) is 1. The van der Waals surface area contributed by atoms with Crippen LogP contribution in [-0.2, 0) is 11.3 Å². The molecule has 0 aliphatic carbocycles. The molecule has 0 bridgehead atoms. The Morgan fingerprint density at radius 2 is 1.56 bits per heavy atom. The van der Waals surface area contributed by atoms with Crippen molar-refractivity contribution in [3.63, 3.8) is 0 Å². The molecule has 1 aliphatic rings. The second-order valence-corrected chi connectivity index (χ2v) is 12.3. The van der Waals surface area contributed by atoms with Crippen LogP contribution in [0.4, 0.5) is 10.5 Å². The Hall–Kier alpha value is -2.77. The molecule has 2 N–H and O–H groups in total. The number of anilines is 1. The van der Waals surface area contributed by atoms with Gasteiger partial charge in [-0.2, -0.15) is 0 Å². The predicted molar refractivity (Wildman–Crippen MR) is 178 cm³/mol. The van der Waals surface area contributed by atoms with Crippen molar-refractivity contribution in [2.45, 2.75) is 70.4 Å². The second kappa shape index (κ2) is 17.5. The number of carbonyl (C=O) groups is 1. The van der Waals surface area contributed by atoms with Gasteiger partial charge >= 0.3 is 6.09 Å². The Morgan fingerprint density at radius 3 is 2.30 bits per heavy atom. The second-order valence-electron chi connectivity index (χ2n) is 11.6. The molecule has 3 aromatic rings. The number of carbonyl (C=O) groups excluding carboxylic acids is 1. The molecule has 0 aromatic heterocycles. The third-order valence-electron chi connectivity index (χ3n) is 8.16. The summed E-state index contributed by atoms with van der Waals surface area (Å²) in [4.78, 5) is 17.4. The van der Waals surface area contributed by atoms with Crippen LogP contribution in [0.5, 0.6) is 5.75 Å². The van der Waals surface area contributed by atoms with Gasteiger partial charge in [0.05, 0.1) is 15.7 Å². The molecule has 232 valence electrons. The number of hydrogen-bond donors (Lipinski definition) is 2. The maximum Gasteiger partial charge on any atom is 0.411 e. The first-order valence-electron chi connectivity index (χ1n) is 15.6. The van der Waals surface area contributed by atoms with Gasteiger partial charge in [0.25, 0.3) is 0 Å². The van der Waals surface area contributed by atoms with Crippen molar-refractivity contribution in [3.05, 3.63) is 82.3 Å². The summed E-state index contributed by atoms with van der Waals surface area (Å²) in [5, 5.41) is 13.5. The number of phenols is 1. The van der Waals surface area contributed by atoms with Crippen molar-refractivity contribution >= 4 is 35.0 Å². The summed E-state index contributed by atoms with van der Waals surface area (Å²) in [7, 11) is 2.08. The van der Waals surface area contributed by atoms with Crippen LogP contribution in [0.25, 0.3) is 11.1 Å². The van der Waals surface area contributed by atoms with Crippen LogP contribution in [0.3, 0.4) is 0 Å². The number of amides is 1. The van der Waals surface area contributed by atoms with E-state index in [1.165, 1.54) is 38.5 Å². The number of unbranched alkanes of at least 4 members (excludes halogenated alkanes) is 6. The van der Waals surface area contributed by atoms with E-state index in [4.69, 9.17) is 27.9 Å². The molecule has 0 spiro atoms. The van der Waals surface area contributed by atoms with Gasteiger partial charge in [0, 0.05) is 25.2 Å². The average Bonchev–Trinajstić information content (AvgIpc) is 3.02. The first kappa shape index (κ1) is 33.1. The average molecular weight is 627 g/mol. The molecule has 8 heteroatoms. The fraction of sp³-hybridized carbons (Fsp3) is 0.457. The van der Waals surface area contributed by atoms with Crippen molar-refractivity contribution in [1.29, 1.82) is 0 Å². The number of halogens is 2. The minimum atomic E-state index is -0.375. The van der Waals surface area contributed by atoms with Gasteiger partial charge in [-0.15, -0.1) is 0 Å². The topological polar surface area (TPSA) is 65.0 Å². The quantitative estimate of drug-likeness (QED) is 0.165. The zero-order valence-electron chi connectivity index (χ0n) is 25.2. The minimum Gasteiger partial charge on any atom is -0.505 e. The van der Waals surface area contributed by atoms with E-state index in [9.17, 15) is 9.90 Å². The Labute approximate surface area is 266 Å². The lowest BCUT2D eigenvalue weighted by atomic mass is 10.0. The summed E-state index contributed by atoms with van der Waals surface area (Å²) in [6.45, 7) is 4.78. The zero-order valence-corrected chi connectivity index (χ0v) is 26.8. The molecule has 6 nitrogen and oxygen atoms in total. The molecule has 1 saturated heterocycles. The van der Waals surface area contributed by atoms with Crippen molar-refractivity contribution < 1.29 is 14.6 Å². The highest BCUT2D eigenvalue weighted by molar-refractivity contribution is 6.37. The van der Waals surface area contributed by atoms with Gasteiger partial charge in [-0.25, -0.2) is 4.79 Å². The third kappa shape index (κ3) is 10.7. The number of ether oxygens (including phenoxy) is 1. The van der Waals surface area contributed by atoms with Gasteiger partial charge in [-0.1, -0.05) is 110 Å². The van der Waals surface area contributed by atoms with Gasteiger partial charge in [-0.3, -0.25) is 5.32 Å². The summed E-state index contributed by atoms with van der Waals surface area (Å²) in [5.74, 6) is -0.0331. The Bertz CT molecular complexity index is 1280. The molecular formula is C35H45Cl2N3O3. The maximum atomic E-state index is 12.7. The molecule has 0 unspecified atom stereocenters. The lowest BCUT2D eigenvalue weighted by Crippen LogP contribution is -2.38. The van der Waals surface area contributed by atoms with Crippen LogP contribution in [0.1, 0.15) is 63.4 Å². The fourth-order valence-corrected chi connectivity index (χ4v) is 6.11. The van der Waals surface area contributed by atoms with E-state index in [2.05, 4.69) is 22.2 Å². The van der Waals surface area contributed by atoms with E-state index in [0.29, 0.717) is 11.6 Å². The molecule has 4 rings (SSSR count). The highest BCUT2D eigenvalue weighted by Gasteiger charge is 2.22. The van der Waals surface area contributed by atoms with Gasteiger partial charge in [-0.05, 0) is 69.1 Å². The van der Waals surface area contributed by atoms with Gasteiger partial charge in [0.1, 0.15) is 6.10 Å². The Morgan fingerprint density at radius 1 is 0.907 bits per heavy atom.